The predicted octanol–water partition coefficient (Wildman–Crippen LogP) is 5.34. The molecule has 11 heteroatoms. The van der Waals surface area contributed by atoms with Gasteiger partial charge in [-0.2, -0.15) is 0 Å². The molecule has 234 valence electrons. The molecule has 10 nitrogen and oxygen atoms in total. The maximum absolute atomic E-state index is 14.4. The van der Waals surface area contributed by atoms with Crippen molar-refractivity contribution in [3.05, 3.63) is 137 Å². The van der Waals surface area contributed by atoms with Gasteiger partial charge >= 0.3 is 0 Å². The molecule has 2 atom stereocenters. The second-order valence-electron chi connectivity index (χ2n) is 10.6. The number of rotatable bonds is 14. The van der Waals surface area contributed by atoms with Gasteiger partial charge in [0, 0.05) is 31.1 Å². The van der Waals surface area contributed by atoms with Crippen molar-refractivity contribution in [1.29, 1.82) is 0 Å². The maximum atomic E-state index is 14.4. The summed E-state index contributed by atoms with van der Waals surface area (Å²) in [6.07, 6.45) is 0.857. The van der Waals surface area contributed by atoms with E-state index in [1.807, 2.05) is 74.5 Å². The number of carbonyl (C=O) groups excluding carboxylic acids is 2. The molecular weight excluding hydrogens is 592 g/mol. The SMILES string of the molecule is CC[C@H](C)NC(=O)[C@H](Cc1ccccc1)N(Cc1ccccc1)C(=O)CN(c1cccc([N+](=O)[O-])c1)S(=O)(=O)c1ccccc1. The number of hydrogen-bond donors (Lipinski definition) is 1. The lowest BCUT2D eigenvalue weighted by molar-refractivity contribution is -0.384. The monoisotopic (exact) mass is 628 g/mol. The molecule has 0 fully saturated rings. The third-order valence-electron chi connectivity index (χ3n) is 7.41. The minimum atomic E-state index is -4.36. The minimum Gasteiger partial charge on any atom is -0.352 e. The Morgan fingerprint density at radius 3 is 2.00 bits per heavy atom. The van der Waals surface area contributed by atoms with Crippen molar-refractivity contribution in [2.75, 3.05) is 10.8 Å². The van der Waals surface area contributed by atoms with Gasteiger partial charge < -0.3 is 10.2 Å². The van der Waals surface area contributed by atoms with E-state index in [0.717, 1.165) is 21.5 Å². The van der Waals surface area contributed by atoms with Crippen molar-refractivity contribution in [2.24, 2.45) is 0 Å². The van der Waals surface area contributed by atoms with Crippen LogP contribution in [0.25, 0.3) is 0 Å². The Labute approximate surface area is 263 Å². The lowest BCUT2D eigenvalue weighted by atomic mass is 10.0. The predicted molar refractivity (Wildman–Crippen MR) is 173 cm³/mol. The zero-order valence-electron chi connectivity index (χ0n) is 25.2. The highest BCUT2D eigenvalue weighted by Gasteiger charge is 2.35. The Hall–Kier alpha value is -5.03. The van der Waals surface area contributed by atoms with E-state index in [0.29, 0.717) is 6.42 Å². The average Bonchev–Trinajstić information content (AvgIpc) is 3.06. The van der Waals surface area contributed by atoms with Gasteiger partial charge in [0.15, 0.2) is 0 Å². The molecule has 1 N–H and O–H groups in total. The number of nitrogens with zero attached hydrogens (tertiary/aromatic N) is 3. The van der Waals surface area contributed by atoms with E-state index in [1.54, 1.807) is 18.2 Å². The number of hydrogen-bond acceptors (Lipinski definition) is 6. The maximum Gasteiger partial charge on any atom is 0.271 e. The largest absolute Gasteiger partial charge is 0.352 e. The van der Waals surface area contributed by atoms with Crippen molar-refractivity contribution >= 4 is 33.2 Å². The topological polar surface area (TPSA) is 130 Å². The fourth-order valence-electron chi connectivity index (χ4n) is 4.79. The van der Waals surface area contributed by atoms with E-state index >= 15 is 0 Å². The average molecular weight is 629 g/mol. The molecule has 4 aromatic rings. The van der Waals surface area contributed by atoms with Gasteiger partial charge in [0.05, 0.1) is 15.5 Å². The first-order valence-electron chi connectivity index (χ1n) is 14.6. The van der Waals surface area contributed by atoms with Crippen LogP contribution in [0.5, 0.6) is 0 Å². The van der Waals surface area contributed by atoms with Gasteiger partial charge in [-0.1, -0.05) is 91.9 Å². The number of anilines is 1. The second kappa shape index (κ2) is 15.1. The fourth-order valence-corrected chi connectivity index (χ4v) is 6.21. The van der Waals surface area contributed by atoms with Gasteiger partial charge in [-0.05, 0) is 42.7 Å². The minimum absolute atomic E-state index is 0.0270. The van der Waals surface area contributed by atoms with E-state index in [1.165, 1.54) is 35.2 Å². The van der Waals surface area contributed by atoms with Crippen molar-refractivity contribution < 1.29 is 22.9 Å². The number of nitrogens with one attached hydrogen (secondary N) is 1. The summed E-state index contributed by atoms with van der Waals surface area (Å²) in [5.41, 5.74) is 1.18. The standard InChI is InChI=1S/C34H36N4O6S/c1-3-26(2)35-34(40)32(22-27-14-7-4-8-15-27)36(24-28-16-9-5-10-17-28)33(39)25-37(29-18-13-19-30(23-29)38(41)42)45(43,44)31-20-11-6-12-21-31/h4-21,23,26,32H,3,22,24-25H2,1-2H3,(H,35,40)/t26-,32-/m0/s1. The third kappa shape index (κ3) is 8.54. The molecule has 0 aromatic heterocycles. The molecule has 0 radical (unpaired) electrons. The summed E-state index contributed by atoms with van der Waals surface area (Å²) in [6.45, 7) is 3.14. The number of amides is 2. The van der Waals surface area contributed by atoms with Gasteiger partial charge in [-0.25, -0.2) is 8.42 Å². The van der Waals surface area contributed by atoms with Crippen LogP contribution in [0, 0.1) is 10.1 Å². The molecule has 4 aromatic carbocycles. The molecule has 0 aliphatic rings. The van der Waals surface area contributed by atoms with E-state index in [2.05, 4.69) is 5.32 Å². The Kier molecular flexibility index (Phi) is 11.0. The van der Waals surface area contributed by atoms with Crippen LogP contribution in [-0.4, -0.2) is 48.7 Å². The zero-order valence-corrected chi connectivity index (χ0v) is 26.0. The Morgan fingerprint density at radius 2 is 1.42 bits per heavy atom. The summed E-state index contributed by atoms with van der Waals surface area (Å²) in [6, 6.07) is 29.9. The Bertz CT molecular complexity index is 1700. The number of non-ortho nitro benzene ring substituents is 1. The van der Waals surface area contributed by atoms with E-state index < -0.39 is 33.4 Å². The quantitative estimate of drug-likeness (QED) is 0.148. The summed E-state index contributed by atoms with van der Waals surface area (Å²) < 4.78 is 28.9. The Balaban J connectivity index is 1.81. The molecule has 0 spiro atoms. The Morgan fingerprint density at radius 1 is 0.844 bits per heavy atom. The molecule has 0 saturated carbocycles. The summed E-state index contributed by atoms with van der Waals surface area (Å²) in [5.74, 6) is -1.02. The zero-order chi connectivity index (χ0) is 32.4. The molecule has 45 heavy (non-hydrogen) atoms. The molecule has 4 rings (SSSR count). The molecular formula is C34H36N4O6S. The first-order valence-corrected chi connectivity index (χ1v) is 16.0. The van der Waals surface area contributed by atoms with Crippen molar-refractivity contribution in [2.45, 2.75) is 50.2 Å². The van der Waals surface area contributed by atoms with Crippen LogP contribution < -0.4 is 9.62 Å². The van der Waals surface area contributed by atoms with Crippen molar-refractivity contribution in [3.8, 4) is 0 Å². The molecule has 0 bridgehead atoms. The summed E-state index contributed by atoms with van der Waals surface area (Å²) in [5, 5.41) is 14.6. The molecule has 0 heterocycles. The number of nitro groups is 1. The molecule has 0 saturated heterocycles. The van der Waals surface area contributed by atoms with E-state index in [4.69, 9.17) is 0 Å². The first-order chi connectivity index (χ1) is 21.6. The van der Waals surface area contributed by atoms with Gasteiger partial charge in [0.1, 0.15) is 12.6 Å². The first kappa shape index (κ1) is 32.9. The normalized spacial score (nSPS) is 12.5. The lowest BCUT2D eigenvalue weighted by Gasteiger charge is -2.34. The van der Waals surface area contributed by atoms with Crippen LogP contribution >= 0.6 is 0 Å². The fraction of sp³-hybridized carbons (Fsp3) is 0.235. The van der Waals surface area contributed by atoms with Crippen molar-refractivity contribution in [1.82, 2.24) is 10.2 Å². The molecule has 0 aliphatic carbocycles. The second-order valence-corrected chi connectivity index (χ2v) is 12.5. The van der Waals surface area contributed by atoms with Gasteiger partial charge in [0.25, 0.3) is 15.7 Å². The third-order valence-corrected chi connectivity index (χ3v) is 9.19. The smallest absolute Gasteiger partial charge is 0.271 e. The van der Waals surface area contributed by atoms with Crippen LogP contribution in [0.1, 0.15) is 31.4 Å². The summed E-state index contributed by atoms with van der Waals surface area (Å²) >= 11 is 0. The van der Waals surface area contributed by atoms with Crippen LogP contribution in [-0.2, 0) is 32.6 Å². The summed E-state index contributed by atoms with van der Waals surface area (Å²) in [4.78, 5) is 40.5. The van der Waals surface area contributed by atoms with Crippen molar-refractivity contribution in [3.63, 3.8) is 0 Å². The van der Waals surface area contributed by atoms with Crippen LogP contribution in [0.4, 0.5) is 11.4 Å². The summed E-state index contributed by atoms with van der Waals surface area (Å²) in [7, 11) is -4.36. The van der Waals surface area contributed by atoms with E-state index in [9.17, 15) is 28.1 Å². The highest BCUT2D eigenvalue weighted by Crippen LogP contribution is 2.28. The van der Waals surface area contributed by atoms with E-state index in [-0.39, 0.29) is 41.2 Å². The van der Waals surface area contributed by atoms with Gasteiger partial charge in [-0.15, -0.1) is 0 Å². The highest BCUT2D eigenvalue weighted by molar-refractivity contribution is 7.92. The lowest BCUT2D eigenvalue weighted by Crippen LogP contribution is -2.54. The highest BCUT2D eigenvalue weighted by atomic mass is 32.2. The van der Waals surface area contributed by atoms with Crippen LogP contribution in [0.3, 0.4) is 0 Å². The number of nitro benzene ring substituents is 1. The number of benzene rings is 4. The van der Waals surface area contributed by atoms with Crippen LogP contribution in [0.2, 0.25) is 0 Å². The van der Waals surface area contributed by atoms with Gasteiger partial charge in [0.2, 0.25) is 11.8 Å². The molecule has 0 aliphatic heterocycles. The molecule has 0 unspecified atom stereocenters. The number of carbonyl (C=O) groups is 2. The molecule has 2 amide bonds. The van der Waals surface area contributed by atoms with Crippen LogP contribution in [0.15, 0.2) is 120 Å². The number of sulfonamides is 1. The van der Waals surface area contributed by atoms with Gasteiger partial charge in [-0.3, -0.25) is 24.0 Å².